The highest BCUT2D eigenvalue weighted by molar-refractivity contribution is 5.95. The lowest BCUT2D eigenvalue weighted by atomic mass is 9.97. The highest BCUT2D eigenvalue weighted by Gasteiger charge is 2.26. The first kappa shape index (κ1) is 45.4. The normalized spacial score (nSPS) is 12.3. The van der Waals surface area contributed by atoms with Gasteiger partial charge in [0, 0.05) is 31.7 Å². The zero-order chi connectivity index (χ0) is 39.8. The lowest BCUT2D eigenvalue weighted by Crippen LogP contribution is -2.54. The van der Waals surface area contributed by atoms with Crippen LogP contribution in [0.25, 0.3) is 0 Å². The summed E-state index contributed by atoms with van der Waals surface area (Å²) in [5, 5.41) is 15.0. The molecule has 0 radical (unpaired) electrons. The Hall–Kier alpha value is -5.59. The van der Waals surface area contributed by atoms with Crippen molar-refractivity contribution in [2.75, 3.05) is 32.7 Å². The van der Waals surface area contributed by atoms with Gasteiger partial charge in [-0.2, -0.15) is 0 Å². The fourth-order valence-corrected chi connectivity index (χ4v) is 4.83. The number of hydrogen-bond donors (Lipinski definition) is 10. The quantitative estimate of drug-likeness (QED) is 0.0254. The van der Waals surface area contributed by atoms with Crippen molar-refractivity contribution < 1.29 is 38.4 Å². The summed E-state index contributed by atoms with van der Waals surface area (Å²) in [5.74, 6) is -5.36. The number of hydrogen-bond acceptors (Lipinski definition) is 10. The lowest BCUT2D eigenvalue weighted by Gasteiger charge is -2.22. The van der Waals surface area contributed by atoms with E-state index >= 15 is 0 Å². The van der Waals surface area contributed by atoms with Crippen LogP contribution in [0, 0.1) is 5.92 Å². The Balaban J connectivity index is 2.91. The first-order chi connectivity index (χ1) is 25.1. The third kappa shape index (κ3) is 20.8. The molecular formula is C34H55N11O8. The van der Waals surface area contributed by atoms with Crippen molar-refractivity contribution in [2.24, 2.45) is 33.8 Å². The molecule has 0 bridgehead atoms. The molecule has 1 aromatic carbocycles. The van der Waals surface area contributed by atoms with Crippen LogP contribution in [-0.2, 0) is 44.8 Å². The van der Waals surface area contributed by atoms with Crippen LogP contribution in [0.1, 0.15) is 64.4 Å². The monoisotopic (exact) mass is 745 g/mol. The third-order valence-corrected chi connectivity index (χ3v) is 7.62. The van der Waals surface area contributed by atoms with Crippen LogP contribution in [0.2, 0.25) is 0 Å². The minimum absolute atomic E-state index is 0.0517. The van der Waals surface area contributed by atoms with Crippen LogP contribution >= 0.6 is 0 Å². The zero-order valence-corrected chi connectivity index (χ0v) is 30.4. The molecule has 0 aliphatic carbocycles. The molecule has 0 aromatic heterocycles. The number of primary amides is 1. The number of unbranched alkanes of at least 4 members (excludes halogenated alkanes) is 1. The van der Waals surface area contributed by atoms with Gasteiger partial charge < -0.3 is 54.8 Å². The standard InChI is InChI=1S/C34H55N11O8/c1-21(2)31(51)23(11-6-7-15-35)43-29(49)19-42-33(53)25(17-22-9-4-3-5-10-22)45-30(50)20-41-32(52)24(12-8-16-39-34(37)38)44-28(48)18-40-27(47)14-13-26(36)46/h3-5,9-10,21,23-25H,6-8,11-20,35H2,1-2H3,(H2,36,46)(H,40,47)(H,41,52)(H,42,53)(H,43,49)(H,44,48)(H,45,50)(H4,37,38,39). The van der Waals surface area contributed by atoms with Crippen molar-refractivity contribution in [3.8, 4) is 0 Å². The molecule has 14 N–H and O–H groups in total. The van der Waals surface area contributed by atoms with Crippen molar-refractivity contribution >= 4 is 53.1 Å². The second-order valence-corrected chi connectivity index (χ2v) is 12.5. The maximum absolute atomic E-state index is 13.3. The maximum atomic E-state index is 13.3. The SMILES string of the molecule is CC(C)C(=O)C(CCCCN)NC(=O)CNC(=O)C(Cc1ccccc1)NC(=O)CNC(=O)C(CCCN=C(N)N)NC(=O)CNC(=O)CCC(N)=O. The first-order valence-corrected chi connectivity index (χ1v) is 17.4. The van der Waals surface area contributed by atoms with Gasteiger partial charge in [0.1, 0.15) is 12.1 Å². The van der Waals surface area contributed by atoms with E-state index in [4.69, 9.17) is 22.9 Å². The molecule has 0 heterocycles. The summed E-state index contributed by atoms with van der Waals surface area (Å²) in [6.07, 6.45) is 1.68. The molecule has 19 nitrogen and oxygen atoms in total. The summed E-state index contributed by atoms with van der Waals surface area (Å²) in [6, 6.07) is 5.75. The molecule has 19 heteroatoms. The van der Waals surface area contributed by atoms with Crippen LogP contribution in [0.4, 0.5) is 0 Å². The van der Waals surface area contributed by atoms with Gasteiger partial charge in [0.05, 0.1) is 25.7 Å². The number of ketones is 1. The molecule has 3 unspecified atom stereocenters. The van der Waals surface area contributed by atoms with Gasteiger partial charge in [0.15, 0.2) is 11.7 Å². The van der Waals surface area contributed by atoms with Crippen molar-refractivity contribution in [1.82, 2.24) is 31.9 Å². The summed E-state index contributed by atoms with van der Waals surface area (Å²) in [4.78, 5) is 104. The average Bonchev–Trinajstić information content (AvgIpc) is 3.11. The van der Waals surface area contributed by atoms with E-state index in [-0.39, 0.29) is 56.3 Å². The van der Waals surface area contributed by atoms with Crippen LogP contribution in [0.5, 0.6) is 0 Å². The fraction of sp³-hybridized carbons (Fsp3) is 0.559. The molecule has 0 aliphatic heterocycles. The zero-order valence-electron chi connectivity index (χ0n) is 30.4. The smallest absolute Gasteiger partial charge is 0.243 e. The van der Waals surface area contributed by atoms with Gasteiger partial charge in [-0.25, -0.2) is 0 Å². The van der Waals surface area contributed by atoms with Gasteiger partial charge in [-0.15, -0.1) is 0 Å². The molecule has 53 heavy (non-hydrogen) atoms. The Morgan fingerprint density at radius 1 is 0.642 bits per heavy atom. The van der Waals surface area contributed by atoms with Crippen molar-refractivity contribution in [1.29, 1.82) is 0 Å². The largest absolute Gasteiger partial charge is 0.370 e. The van der Waals surface area contributed by atoms with E-state index in [1.807, 2.05) is 0 Å². The molecule has 294 valence electrons. The fourth-order valence-electron chi connectivity index (χ4n) is 4.83. The van der Waals surface area contributed by atoms with Gasteiger partial charge in [0.25, 0.3) is 0 Å². The average molecular weight is 746 g/mol. The van der Waals surface area contributed by atoms with E-state index in [0.29, 0.717) is 31.4 Å². The Morgan fingerprint density at radius 3 is 1.72 bits per heavy atom. The molecule has 0 saturated carbocycles. The topological polar surface area (TPSA) is 325 Å². The van der Waals surface area contributed by atoms with Gasteiger partial charge >= 0.3 is 0 Å². The van der Waals surface area contributed by atoms with Crippen molar-refractivity contribution in [3.05, 3.63) is 35.9 Å². The Bertz CT molecular complexity index is 1420. The van der Waals surface area contributed by atoms with E-state index < -0.39 is 79.1 Å². The van der Waals surface area contributed by atoms with Crippen molar-refractivity contribution in [2.45, 2.75) is 83.3 Å². The molecular weight excluding hydrogens is 690 g/mol. The number of rotatable bonds is 26. The molecule has 0 saturated heterocycles. The number of Topliss-reactive ketones (excluding diaryl/α,β-unsaturated/α-hetero) is 1. The molecule has 1 aromatic rings. The number of carbonyl (C=O) groups is 8. The Labute approximate surface area is 308 Å². The van der Waals surface area contributed by atoms with E-state index in [0.717, 1.165) is 0 Å². The second-order valence-electron chi connectivity index (χ2n) is 12.5. The maximum Gasteiger partial charge on any atom is 0.243 e. The van der Waals surface area contributed by atoms with Gasteiger partial charge in [-0.05, 0) is 44.2 Å². The number of nitrogens with two attached hydrogens (primary N) is 4. The van der Waals surface area contributed by atoms with Crippen LogP contribution < -0.4 is 54.8 Å². The first-order valence-electron chi connectivity index (χ1n) is 17.4. The van der Waals surface area contributed by atoms with Crippen LogP contribution in [-0.4, -0.2) is 104 Å². The molecule has 1 rings (SSSR count). The Morgan fingerprint density at radius 2 is 1.17 bits per heavy atom. The molecule has 0 spiro atoms. The van der Waals surface area contributed by atoms with E-state index in [9.17, 15) is 38.4 Å². The van der Waals surface area contributed by atoms with E-state index in [1.54, 1.807) is 44.2 Å². The highest BCUT2D eigenvalue weighted by atomic mass is 16.2. The number of nitrogens with one attached hydrogen (secondary N) is 6. The summed E-state index contributed by atoms with van der Waals surface area (Å²) < 4.78 is 0. The van der Waals surface area contributed by atoms with Crippen LogP contribution in [0.15, 0.2) is 35.3 Å². The number of benzene rings is 1. The summed E-state index contributed by atoms with van der Waals surface area (Å²) >= 11 is 0. The van der Waals surface area contributed by atoms with Gasteiger partial charge in [-0.3, -0.25) is 43.3 Å². The van der Waals surface area contributed by atoms with Crippen molar-refractivity contribution in [3.63, 3.8) is 0 Å². The van der Waals surface area contributed by atoms with E-state index in [1.165, 1.54) is 0 Å². The number of aliphatic imine (C=N–C) groups is 1. The van der Waals surface area contributed by atoms with Crippen LogP contribution in [0.3, 0.4) is 0 Å². The molecule has 0 aliphatic rings. The predicted molar refractivity (Wildman–Crippen MR) is 196 cm³/mol. The molecule has 7 amide bonds. The second kappa shape index (κ2) is 25.4. The minimum Gasteiger partial charge on any atom is -0.370 e. The number of guanidine groups is 1. The Kier molecular flexibility index (Phi) is 21.8. The van der Waals surface area contributed by atoms with Gasteiger partial charge in [0.2, 0.25) is 41.4 Å². The van der Waals surface area contributed by atoms with E-state index in [2.05, 4.69) is 36.9 Å². The minimum atomic E-state index is -1.16. The summed E-state index contributed by atoms with van der Waals surface area (Å²) in [6.45, 7) is 2.53. The number of amides is 7. The summed E-state index contributed by atoms with van der Waals surface area (Å²) in [7, 11) is 0. The predicted octanol–water partition coefficient (Wildman–Crippen LogP) is -3.29. The van der Waals surface area contributed by atoms with Gasteiger partial charge in [-0.1, -0.05) is 44.2 Å². The highest BCUT2D eigenvalue weighted by Crippen LogP contribution is 2.08. The number of carbonyl (C=O) groups excluding carboxylic acids is 8. The third-order valence-electron chi connectivity index (χ3n) is 7.62. The lowest BCUT2D eigenvalue weighted by molar-refractivity contribution is -0.132. The molecule has 0 fully saturated rings. The molecule has 3 atom stereocenters. The summed E-state index contributed by atoms with van der Waals surface area (Å²) in [5.41, 5.74) is 22.0. The number of nitrogens with zero attached hydrogens (tertiary/aromatic N) is 1.